The van der Waals surface area contributed by atoms with Crippen molar-refractivity contribution in [3.05, 3.63) is 53.6 Å². The Morgan fingerprint density at radius 2 is 2.17 bits per heavy atom. The van der Waals surface area contributed by atoms with Gasteiger partial charge < -0.3 is 25.0 Å². The molecular formula is C22H34IN5O2. The van der Waals surface area contributed by atoms with E-state index in [-0.39, 0.29) is 36.0 Å². The van der Waals surface area contributed by atoms with Crippen LogP contribution in [0.1, 0.15) is 36.7 Å². The van der Waals surface area contributed by atoms with E-state index in [2.05, 4.69) is 51.4 Å². The number of aliphatic hydroxyl groups is 1. The third kappa shape index (κ3) is 6.95. The van der Waals surface area contributed by atoms with Crippen molar-refractivity contribution in [3.8, 4) is 0 Å². The monoisotopic (exact) mass is 527 g/mol. The van der Waals surface area contributed by atoms with Crippen LogP contribution < -0.4 is 10.6 Å². The van der Waals surface area contributed by atoms with Crippen LogP contribution >= 0.6 is 24.0 Å². The first-order valence-electron chi connectivity index (χ1n) is 10.4. The highest BCUT2D eigenvalue weighted by molar-refractivity contribution is 14.0. The van der Waals surface area contributed by atoms with Gasteiger partial charge in [0, 0.05) is 50.7 Å². The first-order valence-corrected chi connectivity index (χ1v) is 10.4. The maximum absolute atomic E-state index is 9.41. The van der Waals surface area contributed by atoms with Crippen molar-refractivity contribution >= 4 is 29.9 Å². The fourth-order valence-corrected chi connectivity index (χ4v) is 3.69. The number of hydrogen-bond acceptors (Lipinski definition) is 4. The molecule has 1 aromatic heterocycles. The maximum atomic E-state index is 9.41. The van der Waals surface area contributed by atoms with Crippen molar-refractivity contribution < 1.29 is 9.84 Å². The van der Waals surface area contributed by atoms with Gasteiger partial charge >= 0.3 is 0 Å². The van der Waals surface area contributed by atoms with Crippen molar-refractivity contribution in [1.82, 2.24) is 20.2 Å². The summed E-state index contributed by atoms with van der Waals surface area (Å²) in [7, 11) is 0. The minimum Gasteiger partial charge on any atom is -0.396 e. The van der Waals surface area contributed by atoms with E-state index in [0.717, 1.165) is 50.9 Å². The highest BCUT2D eigenvalue weighted by atomic mass is 127. The molecule has 0 amide bonds. The van der Waals surface area contributed by atoms with E-state index in [1.807, 2.05) is 19.3 Å². The molecule has 0 saturated carbocycles. The summed E-state index contributed by atoms with van der Waals surface area (Å²) in [6.07, 6.45) is 5.55. The molecule has 1 fully saturated rings. The SMILES string of the molecule is CCNC(=NCc1cccc(Cn2ccnc2C)c1)NCC1(CCO)CCOC1.I. The summed E-state index contributed by atoms with van der Waals surface area (Å²) >= 11 is 0. The number of rotatable bonds is 9. The van der Waals surface area contributed by atoms with E-state index in [9.17, 15) is 5.11 Å². The molecule has 0 radical (unpaired) electrons. The van der Waals surface area contributed by atoms with Crippen LogP contribution in [-0.4, -0.2) is 53.5 Å². The topological polar surface area (TPSA) is 83.7 Å². The Morgan fingerprint density at radius 3 is 2.83 bits per heavy atom. The Morgan fingerprint density at radius 1 is 1.33 bits per heavy atom. The van der Waals surface area contributed by atoms with Crippen LogP contribution in [0.4, 0.5) is 0 Å². The second kappa shape index (κ2) is 12.3. The molecule has 8 heteroatoms. The van der Waals surface area contributed by atoms with Crippen LogP contribution in [0.3, 0.4) is 0 Å². The second-order valence-electron chi connectivity index (χ2n) is 7.75. The fourth-order valence-electron chi connectivity index (χ4n) is 3.69. The molecule has 1 aliphatic rings. The van der Waals surface area contributed by atoms with Gasteiger partial charge in [-0.3, -0.25) is 0 Å². The number of benzene rings is 1. The molecular weight excluding hydrogens is 493 g/mol. The van der Waals surface area contributed by atoms with E-state index in [1.165, 1.54) is 11.1 Å². The molecule has 3 rings (SSSR count). The van der Waals surface area contributed by atoms with Crippen molar-refractivity contribution in [3.63, 3.8) is 0 Å². The number of aromatic nitrogens is 2. The van der Waals surface area contributed by atoms with E-state index in [1.54, 1.807) is 0 Å². The fraction of sp³-hybridized carbons (Fsp3) is 0.545. The lowest BCUT2D eigenvalue weighted by Crippen LogP contribution is -2.44. The van der Waals surface area contributed by atoms with Gasteiger partial charge in [-0.25, -0.2) is 9.98 Å². The van der Waals surface area contributed by atoms with Gasteiger partial charge in [-0.1, -0.05) is 24.3 Å². The second-order valence-corrected chi connectivity index (χ2v) is 7.75. The third-order valence-electron chi connectivity index (χ3n) is 5.49. The summed E-state index contributed by atoms with van der Waals surface area (Å²) in [4.78, 5) is 9.05. The predicted molar refractivity (Wildman–Crippen MR) is 130 cm³/mol. The smallest absolute Gasteiger partial charge is 0.191 e. The Labute approximate surface area is 196 Å². The zero-order chi connectivity index (χ0) is 20.5. The molecule has 30 heavy (non-hydrogen) atoms. The summed E-state index contributed by atoms with van der Waals surface area (Å²) in [5.41, 5.74) is 2.40. The molecule has 1 saturated heterocycles. The minimum atomic E-state index is -0.00643. The summed E-state index contributed by atoms with van der Waals surface area (Å²) in [6, 6.07) is 8.52. The Kier molecular flexibility index (Phi) is 10.1. The van der Waals surface area contributed by atoms with Crippen LogP contribution in [0, 0.1) is 12.3 Å². The number of aliphatic hydroxyl groups excluding tert-OH is 1. The molecule has 3 N–H and O–H groups in total. The highest BCUT2D eigenvalue weighted by Crippen LogP contribution is 2.31. The van der Waals surface area contributed by atoms with E-state index in [4.69, 9.17) is 9.73 Å². The average molecular weight is 527 g/mol. The molecule has 1 aromatic carbocycles. The molecule has 2 heterocycles. The van der Waals surface area contributed by atoms with Gasteiger partial charge in [-0.2, -0.15) is 0 Å². The molecule has 0 bridgehead atoms. The van der Waals surface area contributed by atoms with Crippen LogP contribution in [0.2, 0.25) is 0 Å². The molecule has 166 valence electrons. The van der Waals surface area contributed by atoms with Gasteiger partial charge in [0.2, 0.25) is 0 Å². The molecule has 2 aromatic rings. The van der Waals surface area contributed by atoms with E-state index < -0.39 is 0 Å². The number of nitrogens with one attached hydrogen (secondary N) is 2. The van der Waals surface area contributed by atoms with Gasteiger partial charge in [0.1, 0.15) is 5.82 Å². The van der Waals surface area contributed by atoms with Gasteiger partial charge in [0.25, 0.3) is 0 Å². The van der Waals surface area contributed by atoms with Crippen LogP contribution in [0.25, 0.3) is 0 Å². The van der Waals surface area contributed by atoms with Crippen molar-refractivity contribution in [2.75, 3.05) is 32.9 Å². The van der Waals surface area contributed by atoms with Gasteiger partial charge in [0.15, 0.2) is 5.96 Å². The predicted octanol–water partition coefficient (Wildman–Crippen LogP) is 2.70. The zero-order valence-electron chi connectivity index (χ0n) is 17.9. The van der Waals surface area contributed by atoms with Crippen LogP contribution in [-0.2, 0) is 17.8 Å². The third-order valence-corrected chi connectivity index (χ3v) is 5.49. The van der Waals surface area contributed by atoms with Gasteiger partial charge in [-0.15, -0.1) is 24.0 Å². The summed E-state index contributed by atoms with van der Waals surface area (Å²) in [6.45, 7) is 8.68. The number of ether oxygens (including phenoxy) is 1. The number of aryl methyl sites for hydroxylation is 1. The summed E-state index contributed by atoms with van der Waals surface area (Å²) < 4.78 is 7.72. The molecule has 0 spiro atoms. The first-order chi connectivity index (χ1) is 14.1. The Bertz CT molecular complexity index is 802. The molecule has 1 atom stereocenters. The van der Waals surface area contributed by atoms with Crippen molar-refractivity contribution in [1.29, 1.82) is 0 Å². The minimum absolute atomic E-state index is 0. The largest absolute Gasteiger partial charge is 0.396 e. The molecule has 1 unspecified atom stereocenters. The Balaban J connectivity index is 0.00000320. The molecule has 7 nitrogen and oxygen atoms in total. The highest BCUT2D eigenvalue weighted by Gasteiger charge is 2.34. The summed E-state index contributed by atoms with van der Waals surface area (Å²) in [5.74, 6) is 1.81. The lowest BCUT2D eigenvalue weighted by molar-refractivity contribution is 0.127. The number of nitrogens with zero attached hydrogens (tertiary/aromatic N) is 3. The Hall–Kier alpha value is -1.65. The number of halogens is 1. The van der Waals surface area contributed by atoms with Crippen LogP contribution in [0.15, 0.2) is 41.7 Å². The van der Waals surface area contributed by atoms with Gasteiger partial charge in [-0.05, 0) is 37.8 Å². The van der Waals surface area contributed by atoms with Crippen LogP contribution in [0.5, 0.6) is 0 Å². The van der Waals surface area contributed by atoms with E-state index >= 15 is 0 Å². The van der Waals surface area contributed by atoms with Crippen molar-refractivity contribution in [2.24, 2.45) is 10.4 Å². The lowest BCUT2D eigenvalue weighted by Gasteiger charge is -2.27. The number of aliphatic imine (C=N–C) groups is 1. The number of imidazole rings is 1. The quantitative estimate of drug-likeness (QED) is 0.266. The molecule has 1 aliphatic heterocycles. The zero-order valence-corrected chi connectivity index (χ0v) is 20.3. The average Bonchev–Trinajstić information content (AvgIpc) is 3.34. The normalized spacial score (nSPS) is 18.8. The standard InChI is InChI=1S/C22H33N5O2.HI/c1-3-23-21(26-16-22(7-11-28)8-12-29-17-22)25-14-19-5-4-6-20(13-19)15-27-10-9-24-18(27)2;/h4-6,9-10,13,28H,3,7-8,11-12,14-17H2,1-2H3,(H2,23,25,26);1H. The molecule has 0 aliphatic carbocycles. The number of guanidine groups is 1. The first kappa shape index (κ1) is 24.6. The lowest BCUT2D eigenvalue weighted by atomic mass is 9.84. The van der Waals surface area contributed by atoms with Gasteiger partial charge in [0.05, 0.1) is 13.2 Å². The van der Waals surface area contributed by atoms with E-state index in [0.29, 0.717) is 13.2 Å². The van der Waals surface area contributed by atoms with Crippen molar-refractivity contribution in [2.45, 2.75) is 39.8 Å². The summed E-state index contributed by atoms with van der Waals surface area (Å²) in [5, 5.41) is 16.2. The maximum Gasteiger partial charge on any atom is 0.191 e. The number of hydrogen-bond donors (Lipinski definition) is 3.